The minimum Gasteiger partial charge on any atom is -0.355 e. The molecule has 10 nitrogen and oxygen atoms in total. The van der Waals surface area contributed by atoms with Gasteiger partial charge in [0.1, 0.15) is 0 Å². The number of fused-ring (bicyclic) bond motifs is 1. The first-order valence-corrected chi connectivity index (χ1v) is 12.8. The lowest BCUT2D eigenvalue weighted by atomic mass is 10.0. The van der Waals surface area contributed by atoms with Crippen molar-refractivity contribution in [2.24, 2.45) is 5.92 Å². The molecule has 0 fully saturated rings. The molecule has 0 saturated heterocycles. The molecule has 0 unspecified atom stereocenters. The van der Waals surface area contributed by atoms with E-state index in [1.54, 1.807) is 24.3 Å². The van der Waals surface area contributed by atoms with E-state index in [9.17, 15) is 28.8 Å². The summed E-state index contributed by atoms with van der Waals surface area (Å²) in [4.78, 5) is 73.6. The molecule has 2 rings (SSSR count). The molecule has 5 amide bonds. The highest BCUT2D eigenvalue weighted by molar-refractivity contribution is 8.15. The summed E-state index contributed by atoms with van der Waals surface area (Å²) < 4.78 is 0. The lowest BCUT2D eigenvalue weighted by Gasteiger charge is -2.33. The fourth-order valence-corrected chi connectivity index (χ4v) is 5.21. The van der Waals surface area contributed by atoms with Gasteiger partial charge in [-0.05, 0) is 37.3 Å². The third kappa shape index (κ3) is 7.91. The van der Waals surface area contributed by atoms with Crippen molar-refractivity contribution in [1.29, 1.82) is 0 Å². The second-order valence-electron chi connectivity index (χ2n) is 9.07. The summed E-state index contributed by atoms with van der Waals surface area (Å²) in [6, 6.07) is 6.64. The standard InChI is InChI=1S/C25H34N4O6S/c1-16(2)15-25(36-18(4)31,24(35)27-13-12-26-17(3)30)28-21(32)11-7-8-14-29-22(33)19-9-5-6-10-20(19)23(29)34/h5-6,9-10,16H,7-8,11-15H2,1-4H3,(H,26,30)(H,27,35)(H,28,32)/t25-/m1/s1. The molecule has 36 heavy (non-hydrogen) atoms. The molecule has 11 heteroatoms. The minimum atomic E-state index is -1.49. The number of thioether (sulfide) groups is 1. The Kier molecular flexibility index (Phi) is 10.6. The van der Waals surface area contributed by atoms with Crippen LogP contribution in [-0.4, -0.2) is 64.1 Å². The van der Waals surface area contributed by atoms with Gasteiger partial charge in [-0.15, -0.1) is 0 Å². The highest BCUT2D eigenvalue weighted by atomic mass is 32.2. The molecule has 1 atom stereocenters. The van der Waals surface area contributed by atoms with Gasteiger partial charge in [-0.3, -0.25) is 33.7 Å². The number of hydrogen-bond acceptors (Lipinski definition) is 7. The average molecular weight is 519 g/mol. The van der Waals surface area contributed by atoms with Crippen LogP contribution in [0.1, 0.15) is 74.1 Å². The average Bonchev–Trinajstić information content (AvgIpc) is 3.03. The zero-order valence-corrected chi connectivity index (χ0v) is 22.0. The molecule has 0 radical (unpaired) electrons. The number of unbranched alkanes of at least 4 members (excludes halogenated alkanes) is 1. The number of nitrogens with one attached hydrogen (secondary N) is 3. The number of rotatable bonds is 13. The zero-order chi connectivity index (χ0) is 26.9. The second kappa shape index (κ2) is 13.2. The van der Waals surface area contributed by atoms with E-state index in [4.69, 9.17) is 0 Å². The summed E-state index contributed by atoms with van der Waals surface area (Å²) in [5, 5.41) is 7.71. The van der Waals surface area contributed by atoms with Crippen molar-refractivity contribution in [3.8, 4) is 0 Å². The molecule has 1 aromatic carbocycles. The number of benzene rings is 1. The molecule has 0 aliphatic carbocycles. The van der Waals surface area contributed by atoms with Gasteiger partial charge in [-0.25, -0.2) is 0 Å². The first-order chi connectivity index (χ1) is 17.0. The van der Waals surface area contributed by atoms with E-state index in [2.05, 4.69) is 16.0 Å². The molecule has 1 aliphatic heterocycles. The fraction of sp³-hybridized carbons (Fsp3) is 0.520. The van der Waals surface area contributed by atoms with Crippen LogP contribution in [-0.2, 0) is 19.2 Å². The van der Waals surface area contributed by atoms with Crippen LogP contribution in [0.2, 0.25) is 0 Å². The van der Waals surface area contributed by atoms with Gasteiger partial charge in [0.05, 0.1) is 11.1 Å². The molecule has 0 saturated carbocycles. The van der Waals surface area contributed by atoms with E-state index >= 15 is 0 Å². The molecule has 196 valence electrons. The predicted molar refractivity (Wildman–Crippen MR) is 136 cm³/mol. The second-order valence-corrected chi connectivity index (χ2v) is 10.5. The third-order valence-electron chi connectivity index (χ3n) is 5.42. The summed E-state index contributed by atoms with van der Waals surface area (Å²) >= 11 is 0.762. The Morgan fingerprint density at radius 2 is 1.53 bits per heavy atom. The predicted octanol–water partition coefficient (Wildman–Crippen LogP) is 1.84. The number of carbonyl (C=O) groups is 6. The molecule has 0 bridgehead atoms. The quantitative estimate of drug-likeness (QED) is 0.205. The Balaban J connectivity index is 1.96. The van der Waals surface area contributed by atoms with E-state index < -0.39 is 16.7 Å². The third-order valence-corrected chi connectivity index (χ3v) is 6.51. The summed E-state index contributed by atoms with van der Waals surface area (Å²) in [5.41, 5.74) is 0.758. The minimum absolute atomic E-state index is 0.00734. The van der Waals surface area contributed by atoms with Crippen molar-refractivity contribution in [1.82, 2.24) is 20.9 Å². The van der Waals surface area contributed by atoms with Crippen molar-refractivity contribution in [3.63, 3.8) is 0 Å². The maximum atomic E-state index is 13.1. The molecule has 0 aromatic heterocycles. The smallest absolute Gasteiger partial charge is 0.261 e. The lowest BCUT2D eigenvalue weighted by Crippen LogP contribution is -2.58. The number of imide groups is 1. The van der Waals surface area contributed by atoms with Crippen LogP contribution < -0.4 is 16.0 Å². The maximum absolute atomic E-state index is 13.1. The van der Waals surface area contributed by atoms with Crippen LogP contribution in [0.3, 0.4) is 0 Å². The summed E-state index contributed by atoms with van der Waals surface area (Å²) in [7, 11) is 0. The molecule has 1 aromatic rings. The largest absolute Gasteiger partial charge is 0.355 e. The van der Waals surface area contributed by atoms with Crippen molar-refractivity contribution >= 4 is 46.4 Å². The summed E-state index contributed by atoms with van der Waals surface area (Å²) in [6.07, 6.45) is 1.08. The van der Waals surface area contributed by atoms with Crippen LogP contribution in [0.15, 0.2) is 24.3 Å². The van der Waals surface area contributed by atoms with Gasteiger partial charge in [-0.1, -0.05) is 37.7 Å². The first kappa shape index (κ1) is 29.0. The van der Waals surface area contributed by atoms with Gasteiger partial charge in [0, 0.05) is 39.9 Å². The SMILES string of the molecule is CC(=O)NCCNC(=O)[C@](CC(C)C)(NC(=O)CCCCN1C(=O)c2ccccc2C1=O)SC(C)=O. The summed E-state index contributed by atoms with van der Waals surface area (Å²) in [5.74, 6) is -1.85. The Morgan fingerprint density at radius 1 is 0.944 bits per heavy atom. The summed E-state index contributed by atoms with van der Waals surface area (Å²) in [6.45, 7) is 7.01. The molecule has 1 aliphatic rings. The van der Waals surface area contributed by atoms with Crippen LogP contribution in [0, 0.1) is 5.92 Å². The van der Waals surface area contributed by atoms with Gasteiger partial charge < -0.3 is 16.0 Å². The highest BCUT2D eigenvalue weighted by Crippen LogP contribution is 2.31. The number of hydrogen-bond donors (Lipinski definition) is 3. The highest BCUT2D eigenvalue weighted by Gasteiger charge is 2.42. The van der Waals surface area contributed by atoms with E-state index in [-0.39, 0.29) is 61.2 Å². The maximum Gasteiger partial charge on any atom is 0.261 e. The van der Waals surface area contributed by atoms with Gasteiger partial charge in [0.2, 0.25) is 11.8 Å². The van der Waals surface area contributed by atoms with Crippen molar-refractivity contribution < 1.29 is 28.8 Å². The first-order valence-electron chi connectivity index (χ1n) is 12.0. The van der Waals surface area contributed by atoms with E-state index in [1.807, 2.05) is 13.8 Å². The monoisotopic (exact) mass is 518 g/mol. The van der Waals surface area contributed by atoms with Crippen LogP contribution >= 0.6 is 11.8 Å². The van der Waals surface area contributed by atoms with Gasteiger partial charge >= 0.3 is 0 Å². The van der Waals surface area contributed by atoms with Crippen LogP contribution in [0.5, 0.6) is 0 Å². The van der Waals surface area contributed by atoms with Crippen molar-refractivity contribution in [3.05, 3.63) is 35.4 Å². The van der Waals surface area contributed by atoms with Crippen molar-refractivity contribution in [2.45, 2.75) is 58.2 Å². The molecular weight excluding hydrogens is 484 g/mol. The zero-order valence-electron chi connectivity index (χ0n) is 21.1. The number of carbonyl (C=O) groups excluding carboxylic acids is 6. The number of amides is 5. The van der Waals surface area contributed by atoms with E-state index in [0.29, 0.717) is 24.0 Å². The fourth-order valence-electron chi connectivity index (χ4n) is 3.98. The molecule has 3 N–H and O–H groups in total. The normalized spacial score (nSPS) is 14.3. The van der Waals surface area contributed by atoms with E-state index in [1.165, 1.54) is 18.7 Å². The Hall–Kier alpha value is -3.21. The molecule has 0 spiro atoms. The molecular formula is C25H34N4O6S. The Morgan fingerprint density at radius 3 is 2.06 bits per heavy atom. The van der Waals surface area contributed by atoms with Crippen LogP contribution in [0.25, 0.3) is 0 Å². The lowest BCUT2D eigenvalue weighted by molar-refractivity contribution is -0.130. The van der Waals surface area contributed by atoms with Gasteiger partial charge in [-0.2, -0.15) is 0 Å². The van der Waals surface area contributed by atoms with E-state index in [0.717, 1.165) is 11.8 Å². The Bertz CT molecular complexity index is 993. The van der Waals surface area contributed by atoms with Gasteiger partial charge in [0.15, 0.2) is 9.99 Å². The molecule has 1 heterocycles. The topological polar surface area (TPSA) is 142 Å². The number of nitrogens with zero attached hydrogens (tertiary/aromatic N) is 1. The van der Waals surface area contributed by atoms with Crippen LogP contribution in [0.4, 0.5) is 0 Å². The van der Waals surface area contributed by atoms with Crippen molar-refractivity contribution in [2.75, 3.05) is 19.6 Å². The van der Waals surface area contributed by atoms with Gasteiger partial charge in [0.25, 0.3) is 17.7 Å². The Labute approximate surface area is 215 Å².